The molecule has 8 nitrogen and oxygen atoms in total. The van der Waals surface area contributed by atoms with E-state index in [1.165, 1.54) is 30.3 Å². The molecule has 0 bridgehead atoms. The van der Waals surface area contributed by atoms with E-state index in [0.717, 1.165) is 5.56 Å². The molecule has 0 atom stereocenters. The van der Waals surface area contributed by atoms with E-state index in [1.54, 1.807) is 17.0 Å². The van der Waals surface area contributed by atoms with E-state index >= 15 is 0 Å². The number of hydrogen-bond donors (Lipinski definition) is 3. The van der Waals surface area contributed by atoms with Gasteiger partial charge in [-0.05, 0) is 29.8 Å². The number of anilines is 1. The molecule has 1 saturated heterocycles. The van der Waals surface area contributed by atoms with Crippen LogP contribution >= 0.6 is 0 Å². The Balaban J connectivity index is 1.49. The Hall–Kier alpha value is -3.33. The molecule has 1 heterocycles. The summed E-state index contributed by atoms with van der Waals surface area (Å²) in [6.07, 6.45) is 0. The molecule has 2 aromatic carbocycles. The standard InChI is InChI=1S/C20H23FN4O4/c21-15-3-1-14(2-4-15)12-24-7-9-25(10-8-24)19(27)13-29-18-6-5-16(26)11-17(18)23-20(22)28/h1-6,11,26H,7-10,12-13H2,(H3,22,23,28). The second kappa shape index (κ2) is 9.24. The third-order valence-corrected chi connectivity index (χ3v) is 4.62. The molecule has 3 amide bonds. The molecule has 3 rings (SSSR count). The number of carbonyl (C=O) groups excluding carboxylic acids is 2. The zero-order valence-corrected chi connectivity index (χ0v) is 15.8. The molecule has 0 radical (unpaired) electrons. The summed E-state index contributed by atoms with van der Waals surface area (Å²) >= 11 is 0. The summed E-state index contributed by atoms with van der Waals surface area (Å²) in [5.41, 5.74) is 6.32. The van der Waals surface area contributed by atoms with Crippen molar-refractivity contribution in [3.63, 3.8) is 0 Å². The normalized spacial score (nSPS) is 14.4. The Morgan fingerprint density at radius 1 is 1.10 bits per heavy atom. The number of benzene rings is 2. The van der Waals surface area contributed by atoms with Gasteiger partial charge in [0.15, 0.2) is 6.61 Å². The lowest BCUT2D eigenvalue weighted by molar-refractivity contribution is -0.135. The molecule has 0 aromatic heterocycles. The van der Waals surface area contributed by atoms with Gasteiger partial charge in [0.25, 0.3) is 5.91 Å². The third kappa shape index (κ3) is 5.82. The van der Waals surface area contributed by atoms with Crippen LogP contribution < -0.4 is 15.8 Å². The minimum absolute atomic E-state index is 0.0651. The Morgan fingerprint density at radius 2 is 1.79 bits per heavy atom. The average molecular weight is 402 g/mol. The number of urea groups is 1. The van der Waals surface area contributed by atoms with Gasteiger partial charge in [-0.2, -0.15) is 0 Å². The molecule has 154 valence electrons. The maximum atomic E-state index is 13.0. The molecule has 4 N–H and O–H groups in total. The molecule has 1 aliphatic rings. The first-order chi connectivity index (χ1) is 13.9. The van der Waals surface area contributed by atoms with Crippen LogP contribution in [0.15, 0.2) is 42.5 Å². The van der Waals surface area contributed by atoms with Crippen LogP contribution in [0.3, 0.4) is 0 Å². The van der Waals surface area contributed by atoms with E-state index in [4.69, 9.17) is 10.5 Å². The number of piperazine rings is 1. The van der Waals surface area contributed by atoms with Crippen LogP contribution in [0.1, 0.15) is 5.56 Å². The molecule has 29 heavy (non-hydrogen) atoms. The molecule has 9 heteroatoms. The van der Waals surface area contributed by atoms with Gasteiger partial charge >= 0.3 is 6.03 Å². The van der Waals surface area contributed by atoms with E-state index in [2.05, 4.69) is 10.2 Å². The Bertz CT molecular complexity index is 867. The number of nitrogens with one attached hydrogen (secondary N) is 1. The van der Waals surface area contributed by atoms with Gasteiger partial charge in [0.05, 0.1) is 5.69 Å². The molecule has 1 aliphatic heterocycles. The van der Waals surface area contributed by atoms with Crippen molar-refractivity contribution in [3.05, 3.63) is 53.8 Å². The zero-order valence-electron chi connectivity index (χ0n) is 15.8. The number of halogens is 1. The van der Waals surface area contributed by atoms with Gasteiger partial charge in [-0.15, -0.1) is 0 Å². The summed E-state index contributed by atoms with van der Waals surface area (Å²) in [6.45, 7) is 3.04. The quantitative estimate of drug-likeness (QED) is 0.682. The van der Waals surface area contributed by atoms with Crippen molar-refractivity contribution in [2.24, 2.45) is 5.73 Å². The molecule has 0 spiro atoms. The fourth-order valence-corrected chi connectivity index (χ4v) is 3.11. The van der Waals surface area contributed by atoms with Crippen molar-refractivity contribution in [3.8, 4) is 11.5 Å². The maximum absolute atomic E-state index is 13.0. The minimum Gasteiger partial charge on any atom is -0.508 e. The zero-order chi connectivity index (χ0) is 20.8. The summed E-state index contributed by atoms with van der Waals surface area (Å²) in [7, 11) is 0. The van der Waals surface area contributed by atoms with E-state index < -0.39 is 6.03 Å². The van der Waals surface area contributed by atoms with E-state index in [0.29, 0.717) is 32.7 Å². The highest BCUT2D eigenvalue weighted by atomic mass is 19.1. The number of aromatic hydroxyl groups is 1. The predicted octanol–water partition coefficient (Wildman–Crippen LogP) is 1.75. The minimum atomic E-state index is -0.802. The average Bonchev–Trinajstić information content (AvgIpc) is 2.69. The van der Waals surface area contributed by atoms with Crippen LogP contribution in [-0.4, -0.2) is 59.6 Å². The van der Waals surface area contributed by atoms with Gasteiger partial charge in [-0.25, -0.2) is 9.18 Å². The second-order valence-corrected chi connectivity index (χ2v) is 6.74. The van der Waals surface area contributed by atoms with Crippen LogP contribution in [0.4, 0.5) is 14.9 Å². The van der Waals surface area contributed by atoms with Crippen molar-refractivity contribution in [2.75, 3.05) is 38.1 Å². The molecule has 2 aromatic rings. The van der Waals surface area contributed by atoms with Gasteiger partial charge in [-0.3, -0.25) is 9.69 Å². The molecule has 0 aliphatic carbocycles. The first-order valence-corrected chi connectivity index (χ1v) is 9.17. The second-order valence-electron chi connectivity index (χ2n) is 6.74. The number of phenols is 1. The molecule has 0 unspecified atom stereocenters. The Kier molecular flexibility index (Phi) is 6.50. The summed E-state index contributed by atoms with van der Waals surface area (Å²) in [5, 5.41) is 11.9. The number of primary amides is 1. The van der Waals surface area contributed by atoms with Crippen molar-refractivity contribution in [1.29, 1.82) is 0 Å². The number of ether oxygens (including phenoxy) is 1. The lowest BCUT2D eigenvalue weighted by atomic mass is 10.2. The Labute approximate surface area is 167 Å². The van der Waals surface area contributed by atoms with Crippen LogP contribution in [0, 0.1) is 5.82 Å². The molecular formula is C20H23FN4O4. The van der Waals surface area contributed by atoms with Crippen LogP contribution in [0.2, 0.25) is 0 Å². The SMILES string of the molecule is NC(=O)Nc1cc(O)ccc1OCC(=O)N1CCN(Cc2ccc(F)cc2)CC1. The third-order valence-electron chi connectivity index (χ3n) is 4.62. The Morgan fingerprint density at radius 3 is 2.45 bits per heavy atom. The smallest absolute Gasteiger partial charge is 0.316 e. The van der Waals surface area contributed by atoms with Crippen LogP contribution in [-0.2, 0) is 11.3 Å². The number of hydrogen-bond acceptors (Lipinski definition) is 5. The maximum Gasteiger partial charge on any atom is 0.316 e. The monoisotopic (exact) mass is 402 g/mol. The van der Waals surface area contributed by atoms with Crippen LogP contribution in [0.25, 0.3) is 0 Å². The predicted molar refractivity (Wildman–Crippen MR) is 105 cm³/mol. The highest BCUT2D eigenvalue weighted by Gasteiger charge is 2.22. The fraction of sp³-hybridized carbons (Fsp3) is 0.300. The van der Waals surface area contributed by atoms with E-state index in [1.807, 2.05) is 0 Å². The van der Waals surface area contributed by atoms with Gasteiger partial charge < -0.3 is 25.8 Å². The first-order valence-electron chi connectivity index (χ1n) is 9.17. The van der Waals surface area contributed by atoms with Crippen LogP contribution in [0.5, 0.6) is 11.5 Å². The van der Waals surface area contributed by atoms with Gasteiger partial charge in [0, 0.05) is 38.8 Å². The largest absolute Gasteiger partial charge is 0.508 e. The number of amides is 3. The lowest BCUT2D eigenvalue weighted by Gasteiger charge is -2.34. The highest BCUT2D eigenvalue weighted by Crippen LogP contribution is 2.28. The first kappa shape index (κ1) is 20.4. The molecule has 1 fully saturated rings. The van der Waals surface area contributed by atoms with Crippen molar-refractivity contribution < 1.29 is 23.8 Å². The van der Waals surface area contributed by atoms with Crippen molar-refractivity contribution >= 4 is 17.6 Å². The topological polar surface area (TPSA) is 108 Å². The summed E-state index contributed by atoms with van der Waals surface area (Å²) in [4.78, 5) is 27.4. The van der Waals surface area contributed by atoms with E-state index in [-0.39, 0.29) is 35.5 Å². The van der Waals surface area contributed by atoms with Crippen molar-refractivity contribution in [1.82, 2.24) is 9.80 Å². The van der Waals surface area contributed by atoms with Crippen molar-refractivity contribution in [2.45, 2.75) is 6.54 Å². The van der Waals surface area contributed by atoms with Gasteiger partial charge in [0.1, 0.15) is 17.3 Å². The highest BCUT2D eigenvalue weighted by molar-refractivity contribution is 5.90. The summed E-state index contributed by atoms with van der Waals surface area (Å²) in [5.74, 6) is -0.258. The number of rotatable bonds is 6. The summed E-state index contributed by atoms with van der Waals surface area (Å²) in [6, 6.07) is 9.73. The molecule has 0 saturated carbocycles. The number of nitrogens with two attached hydrogens (primary N) is 1. The molecular weight excluding hydrogens is 379 g/mol. The number of phenolic OH excluding ortho intramolecular Hbond substituents is 1. The lowest BCUT2D eigenvalue weighted by Crippen LogP contribution is -2.49. The number of nitrogens with zero attached hydrogens (tertiary/aromatic N) is 2. The van der Waals surface area contributed by atoms with Gasteiger partial charge in [0.2, 0.25) is 0 Å². The fourth-order valence-electron chi connectivity index (χ4n) is 3.11. The number of carbonyl (C=O) groups is 2. The summed E-state index contributed by atoms with van der Waals surface area (Å²) < 4.78 is 18.5. The van der Waals surface area contributed by atoms with E-state index in [9.17, 15) is 19.1 Å². The van der Waals surface area contributed by atoms with Gasteiger partial charge in [-0.1, -0.05) is 12.1 Å².